The van der Waals surface area contributed by atoms with Crippen LogP contribution in [0.25, 0.3) is 89.8 Å². The number of para-hydroxylation sites is 6. The second-order valence-corrected chi connectivity index (χ2v) is 32.3. The Morgan fingerprint density at radius 1 is 0.283 bits per heavy atom. The lowest BCUT2D eigenvalue weighted by atomic mass is 10.0. The first kappa shape index (κ1) is 112. The Balaban J connectivity index is 0.000000185. The minimum atomic E-state index is -0.282. The first-order valence-corrected chi connectivity index (χ1v) is 47.8. The number of nitrogens with zero attached hydrogens (tertiary/aromatic N) is 17. The van der Waals surface area contributed by atoms with Crippen LogP contribution in [0.1, 0.15) is 99.6 Å². The molecule has 0 N–H and O–H groups in total. The van der Waals surface area contributed by atoms with Crippen LogP contribution in [0.5, 0.6) is 0 Å². The fourth-order valence-electron chi connectivity index (χ4n) is 14.8. The van der Waals surface area contributed by atoms with Gasteiger partial charge in [-0.25, -0.2) is 39.9 Å². The van der Waals surface area contributed by atoms with Crippen LogP contribution in [0, 0.1) is 13.8 Å². The Morgan fingerprint density at radius 3 is 1.11 bits per heavy atom. The quantitative estimate of drug-likeness (QED) is 0.0272. The summed E-state index contributed by atoms with van der Waals surface area (Å²) in [7, 11) is 0. The van der Waals surface area contributed by atoms with Gasteiger partial charge in [-0.15, -0.1) is 0 Å². The van der Waals surface area contributed by atoms with Gasteiger partial charge in [-0.3, -0.25) is 48.1 Å². The summed E-state index contributed by atoms with van der Waals surface area (Å²) in [5.74, 6) is 3.32. The molecule has 17 rings (SSSR count). The smallest absolute Gasteiger partial charge is 0.302 e. The molecule has 35 nitrogen and oxygen atoms in total. The standard InChI is InChI=1S/C25H22N2O2.C17H16N2O2.C13H14N2O2.C12H14N2O2.C11H12N2O2.C9H14N2O2.C8H12N2O2.C8H15NO2.C7H10N2O2/c1-19(28)29-18-17-27-24(21-13-7-3-8-14-21)23(20-11-5-2-6-12-20)26-25(27)22-15-9-4-10-16-22;1-13(20)21-12-11-19-16-10-6-5-9-15(16)18-17(19)14-7-3-2-4-8-14;1-11(16)17-10-9-15-8-7-14-13(15)12-5-3-2-4-6-12;1-9-13-11-5-3-4-6-12(11)14(9)7-8-16-10(2)15;1-9(14)15-7-6-13-8-12-10-4-2-3-5-11(10)13;1-3-9-10-4-5-11(9)6-7-13-8(2)12;1-7-9-3-4-10(7)5-6-12-8(2)11;1-8(10)11-7-6-9-4-2-3-5-9;1-7(10)11-5-4-9-3-2-8-6-9/h2-16H,17-18H2,1H3;2-10H,11-12H2,1H3;2-8H,9-10H2,1H3;3-6H,7-8H2,1-2H3;2-5,8H,6-7H2,1H3;4-5H,3,6-7H2,1-2H3;3-4H,5-6H2,1-2H3;2-7H2,1H3;2-3,6H,4-5H2,1H3. The molecule has 145 heavy (non-hydrogen) atoms. The number of carbonyl (C=O) groups excluding carboxylic acids is 9. The van der Waals surface area contributed by atoms with E-state index in [0.29, 0.717) is 112 Å². The van der Waals surface area contributed by atoms with Crippen LogP contribution in [0.2, 0.25) is 0 Å². The Bertz CT molecular complexity index is 6610. The summed E-state index contributed by atoms with van der Waals surface area (Å²) in [6, 6.07) is 74.2. The summed E-state index contributed by atoms with van der Waals surface area (Å²) in [5.41, 5.74) is 13.2. The van der Waals surface area contributed by atoms with Gasteiger partial charge >= 0.3 is 53.7 Å². The van der Waals surface area contributed by atoms with E-state index in [1.807, 2.05) is 269 Å². The van der Waals surface area contributed by atoms with Gasteiger partial charge in [0.1, 0.15) is 94.4 Å². The molecule has 0 amide bonds. The van der Waals surface area contributed by atoms with Crippen molar-refractivity contribution in [3.05, 3.63) is 304 Å². The third-order valence-corrected chi connectivity index (χ3v) is 21.5. The van der Waals surface area contributed by atoms with Crippen molar-refractivity contribution < 1.29 is 85.8 Å². The highest BCUT2D eigenvalue weighted by atomic mass is 16.6. The molecule has 0 saturated carbocycles. The number of benzene rings is 8. The number of hydrogen-bond donors (Lipinski definition) is 0. The topological polar surface area (TPSA) is 382 Å². The summed E-state index contributed by atoms with van der Waals surface area (Å²) in [5, 5.41) is 0. The zero-order valence-electron chi connectivity index (χ0n) is 84.4. The van der Waals surface area contributed by atoms with E-state index in [-0.39, 0.29) is 53.7 Å². The average Bonchev–Trinajstić information content (AvgIpc) is 1.62. The van der Waals surface area contributed by atoms with E-state index in [2.05, 4.69) is 72.8 Å². The fourth-order valence-corrected chi connectivity index (χ4v) is 14.8. The number of likely N-dealkylation sites (tertiary alicyclic amines) is 1. The molecule has 0 atom stereocenters. The number of hydrogen-bond acceptors (Lipinski definition) is 27. The maximum atomic E-state index is 11.3. The monoisotopic (exact) mass is 1980 g/mol. The van der Waals surface area contributed by atoms with Gasteiger partial charge in [0, 0.05) is 153 Å². The number of carbonyl (C=O) groups is 9. The highest BCUT2D eigenvalue weighted by molar-refractivity contribution is 5.84. The Kier molecular flexibility index (Phi) is 47.8. The first-order valence-electron chi connectivity index (χ1n) is 47.8. The number of ether oxygens (including phenoxy) is 9. The van der Waals surface area contributed by atoms with Crippen LogP contribution in [0.3, 0.4) is 0 Å². The molecular weight excluding hydrogens is 1850 g/mol. The predicted octanol–water partition coefficient (Wildman–Crippen LogP) is 17.2. The summed E-state index contributed by atoms with van der Waals surface area (Å²) in [4.78, 5) is 133. The molecule has 35 heteroatoms. The molecule has 16 aromatic rings. The van der Waals surface area contributed by atoms with E-state index in [1.165, 1.54) is 88.2 Å². The van der Waals surface area contributed by atoms with Gasteiger partial charge in [0.25, 0.3) is 0 Å². The van der Waals surface area contributed by atoms with E-state index >= 15 is 0 Å². The normalized spacial score (nSPS) is 11.0. The van der Waals surface area contributed by atoms with Gasteiger partial charge in [-0.1, -0.05) is 195 Å². The lowest BCUT2D eigenvalue weighted by molar-refractivity contribution is -0.142. The third-order valence-electron chi connectivity index (χ3n) is 21.5. The van der Waals surface area contributed by atoms with Crippen LogP contribution in [0.15, 0.2) is 287 Å². The minimum Gasteiger partial charge on any atom is -0.465 e. The summed E-state index contributed by atoms with van der Waals surface area (Å²) < 4.78 is 60.2. The maximum Gasteiger partial charge on any atom is 0.302 e. The van der Waals surface area contributed by atoms with E-state index in [0.717, 1.165) is 120 Å². The van der Waals surface area contributed by atoms with Crippen molar-refractivity contribution in [2.24, 2.45) is 0 Å². The second kappa shape index (κ2) is 61.9. The van der Waals surface area contributed by atoms with Crippen molar-refractivity contribution in [1.29, 1.82) is 0 Å². The van der Waals surface area contributed by atoms with E-state index in [1.54, 1.807) is 37.4 Å². The molecule has 0 unspecified atom stereocenters. The fraction of sp³-hybridized carbons (Fsp3) is 0.318. The van der Waals surface area contributed by atoms with Gasteiger partial charge in [-0.05, 0) is 76.2 Å². The number of esters is 9. The van der Waals surface area contributed by atoms with Crippen LogP contribution in [-0.2, 0) is 145 Å². The Morgan fingerprint density at radius 2 is 0.641 bits per heavy atom. The van der Waals surface area contributed by atoms with E-state index < -0.39 is 0 Å². The highest BCUT2D eigenvalue weighted by Crippen LogP contribution is 2.37. The number of imidazole rings is 8. The molecule has 1 aliphatic heterocycles. The van der Waals surface area contributed by atoms with Crippen molar-refractivity contribution in [1.82, 2.24) is 81.3 Å². The maximum absolute atomic E-state index is 11.3. The summed E-state index contributed by atoms with van der Waals surface area (Å²) in [6.07, 6.45) is 21.3. The van der Waals surface area contributed by atoms with Crippen molar-refractivity contribution >= 4 is 86.8 Å². The van der Waals surface area contributed by atoms with Crippen LogP contribution < -0.4 is 0 Å². The average molecular weight is 1980 g/mol. The molecule has 1 fully saturated rings. The van der Waals surface area contributed by atoms with Crippen molar-refractivity contribution in [2.75, 3.05) is 79.1 Å². The highest BCUT2D eigenvalue weighted by Gasteiger charge is 2.23. The number of aromatic nitrogens is 16. The molecule has 8 aromatic carbocycles. The van der Waals surface area contributed by atoms with Gasteiger partial charge in [0.15, 0.2) is 0 Å². The molecule has 0 aliphatic carbocycles. The molecule has 1 aliphatic rings. The lowest BCUT2D eigenvalue weighted by Crippen LogP contribution is -2.24. The van der Waals surface area contributed by atoms with Gasteiger partial charge in [-0.2, -0.15) is 0 Å². The number of rotatable bonds is 33. The number of aryl methyl sites for hydroxylation is 3. The van der Waals surface area contributed by atoms with Crippen LogP contribution >= 0.6 is 0 Å². The molecule has 0 bridgehead atoms. The zero-order chi connectivity index (χ0) is 104. The second-order valence-electron chi connectivity index (χ2n) is 32.3. The SMILES string of the molecule is CC(=O)OCCN1CCCC1.CC(=O)OCCn1c(-c2ccccc2)nc(-c2ccccc2)c1-c1ccccc1.CC(=O)OCCn1c(-c2ccccc2)nc2ccccc21.CC(=O)OCCn1c(C)nc2ccccc21.CC(=O)OCCn1ccnc1.CC(=O)OCCn1ccnc1-c1ccccc1.CC(=O)OCCn1ccnc1C.CC(=O)OCCn1cnc2ccccc21.CCc1nccn1CCOC(C)=O. The first-order chi connectivity index (χ1) is 70.2. The molecule has 8 aromatic heterocycles. The zero-order valence-corrected chi connectivity index (χ0v) is 84.4. The third kappa shape index (κ3) is 39.4. The largest absolute Gasteiger partial charge is 0.465 e. The van der Waals surface area contributed by atoms with Gasteiger partial charge < -0.3 is 79.2 Å². The van der Waals surface area contributed by atoms with E-state index in [9.17, 15) is 43.2 Å². The minimum absolute atomic E-state index is 0.177. The van der Waals surface area contributed by atoms with Crippen molar-refractivity contribution in [3.63, 3.8) is 0 Å². The molecule has 0 radical (unpaired) electrons. The van der Waals surface area contributed by atoms with Crippen LogP contribution in [0.4, 0.5) is 0 Å². The van der Waals surface area contributed by atoms with Crippen LogP contribution in [-0.4, -0.2) is 214 Å². The summed E-state index contributed by atoms with van der Waals surface area (Å²) in [6.45, 7) is 30.5. The molecular formula is C110H129N17O18. The van der Waals surface area contributed by atoms with Crippen molar-refractivity contribution in [3.8, 4) is 56.7 Å². The summed E-state index contributed by atoms with van der Waals surface area (Å²) >= 11 is 0. The predicted molar refractivity (Wildman–Crippen MR) is 552 cm³/mol. The Labute approximate surface area is 844 Å². The number of fused-ring (bicyclic) bond motifs is 3. The van der Waals surface area contributed by atoms with Gasteiger partial charge in [0.05, 0.1) is 110 Å². The molecule has 1 saturated heterocycles. The Hall–Kier alpha value is -16.6. The van der Waals surface area contributed by atoms with E-state index in [4.69, 9.17) is 52.6 Å². The lowest BCUT2D eigenvalue weighted by Gasteiger charge is -2.13. The van der Waals surface area contributed by atoms with Crippen molar-refractivity contribution in [2.45, 2.75) is 155 Å². The molecule has 762 valence electrons. The molecule has 0 spiro atoms. The van der Waals surface area contributed by atoms with Gasteiger partial charge in [0.2, 0.25) is 0 Å². The molecule has 9 heterocycles.